The summed E-state index contributed by atoms with van der Waals surface area (Å²) in [6.07, 6.45) is 1.89. The molecule has 4 heteroatoms. The third-order valence-electron chi connectivity index (χ3n) is 5.42. The molecule has 0 N–H and O–H groups in total. The standard InChI is InChI=1S/C26H30N2O2/c1-17-14-20(25(29)30-7)8-13-24(17)27-16-21-15-18(2)28(19(21)3)23-11-9-22(10-12-23)26(4,5)6/h8-16H,1-7H3. The predicted octanol–water partition coefficient (Wildman–Crippen LogP) is 6.24. The summed E-state index contributed by atoms with van der Waals surface area (Å²) in [5.41, 5.74) is 8.28. The van der Waals surface area contributed by atoms with Crippen molar-refractivity contribution in [3.63, 3.8) is 0 Å². The second-order valence-corrected chi connectivity index (χ2v) is 8.71. The maximum absolute atomic E-state index is 11.7. The Bertz CT molecular complexity index is 1100. The fourth-order valence-electron chi connectivity index (χ4n) is 3.61. The number of nitrogens with zero attached hydrogens (tertiary/aromatic N) is 2. The molecule has 0 aliphatic heterocycles. The van der Waals surface area contributed by atoms with Crippen molar-refractivity contribution in [3.05, 3.63) is 82.2 Å². The predicted molar refractivity (Wildman–Crippen MR) is 124 cm³/mol. The maximum atomic E-state index is 11.7. The van der Waals surface area contributed by atoms with Crippen LogP contribution in [0.25, 0.3) is 5.69 Å². The molecule has 0 saturated heterocycles. The van der Waals surface area contributed by atoms with Gasteiger partial charge in [-0.05, 0) is 73.7 Å². The van der Waals surface area contributed by atoms with Gasteiger partial charge in [0.2, 0.25) is 0 Å². The molecule has 0 aliphatic rings. The number of methoxy groups -OCH3 is 1. The van der Waals surface area contributed by atoms with E-state index in [-0.39, 0.29) is 11.4 Å². The van der Waals surface area contributed by atoms with Gasteiger partial charge in [-0.2, -0.15) is 0 Å². The van der Waals surface area contributed by atoms with E-state index < -0.39 is 0 Å². The van der Waals surface area contributed by atoms with Crippen LogP contribution in [0.15, 0.2) is 53.5 Å². The molecule has 1 aromatic heterocycles. The Morgan fingerprint density at radius 1 is 1.00 bits per heavy atom. The van der Waals surface area contributed by atoms with Crippen molar-refractivity contribution in [1.29, 1.82) is 0 Å². The molecule has 0 amide bonds. The molecular formula is C26H30N2O2. The first-order valence-electron chi connectivity index (χ1n) is 10.1. The zero-order chi connectivity index (χ0) is 22.1. The van der Waals surface area contributed by atoms with E-state index in [4.69, 9.17) is 4.74 Å². The van der Waals surface area contributed by atoms with Crippen molar-refractivity contribution in [3.8, 4) is 5.69 Å². The number of aryl methyl sites for hydroxylation is 2. The highest BCUT2D eigenvalue weighted by molar-refractivity contribution is 5.90. The van der Waals surface area contributed by atoms with Crippen molar-refractivity contribution in [2.45, 2.75) is 47.0 Å². The molecule has 3 aromatic rings. The number of hydrogen-bond acceptors (Lipinski definition) is 3. The van der Waals surface area contributed by atoms with Gasteiger partial charge in [0.1, 0.15) is 0 Å². The average molecular weight is 403 g/mol. The number of esters is 1. The first kappa shape index (κ1) is 21.6. The lowest BCUT2D eigenvalue weighted by molar-refractivity contribution is 0.0600. The number of benzene rings is 2. The molecule has 156 valence electrons. The second kappa shape index (κ2) is 8.31. The number of carbonyl (C=O) groups excluding carboxylic acids is 1. The van der Waals surface area contributed by atoms with Gasteiger partial charge in [-0.15, -0.1) is 0 Å². The van der Waals surface area contributed by atoms with Crippen LogP contribution in [0.1, 0.15) is 59.2 Å². The molecule has 3 rings (SSSR count). The van der Waals surface area contributed by atoms with E-state index in [0.29, 0.717) is 5.56 Å². The smallest absolute Gasteiger partial charge is 0.337 e. The molecule has 4 nitrogen and oxygen atoms in total. The maximum Gasteiger partial charge on any atom is 0.337 e. The molecule has 0 bridgehead atoms. The van der Waals surface area contributed by atoms with E-state index in [2.05, 4.69) is 74.5 Å². The number of aliphatic imine (C=N–C) groups is 1. The monoisotopic (exact) mass is 402 g/mol. The van der Waals surface area contributed by atoms with Crippen molar-refractivity contribution >= 4 is 17.9 Å². The number of hydrogen-bond donors (Lipinski definition) is 0. The van der Waals surface area contributed by atoms with Gasteiger partial charge in [-0.1, -0.05) is 32.9 Å². The fourth-order valence-corrected chi connectivity index (χ4v) is 3.61. The Kier molecular flexibility index (Phi) is 5.97. The van der Waals surface area contributed by atoms with Gasteiger partial charge in [0.15, 0.2) is 0 Å². The fraction of sp³-hybridized carbons (Fsp3) is 0.308. The summed E-state index contributed by atoms with van der Waals surface area (Å²) in [6.45, 7) is 12.8. The normalized spacial score (nSPS) is 11.8. The van der Waals surface area contributed by atoms with Gasteiger partial charge in [-0.25, -0.2) is 4.79 Å². The van der Waals surface area contributed by atoms with Crippen LogP contribution in [0.3, 0.4) is 0 Å². The highest BCUT2D eigenvalue weighted by atomic mass is 16.5. The first-order valence-corrected chi connectivity index (χ1v) is 10.1. The van der Waals surface area contributed by atoms with Gasteiger partial charge in [0.05, 0.1) is 18.4 Å². The first-order chi connectivity index (χ1) is 14.1. The Morgan fingerprint density at radius 3 is 2.23 bits per heavy atom. The quantitative estimate of drug-likeness (QED) is 0.383. The van der Waals surface area contributed by atoms with Crippen LogP contribution in [-0.2, 0) is 10.2 Å². The molecular weight excluding hydrogens is 372 g/mol. The van der Waals surface area contributed by atoms with Gasteiger partial charge >= 0.3 is 5.97 Å². The summed E-state index contributed by atoms with van der Waals surface area (Å²) >= 11 is 0. The summed E-state index contributed by atoms with van der Waals surface area (Å²) in [5.74, 6) is -0.338. The average Bonchev–Trinajstić information content (AvgIpc) is 2.99. The Balaban J connectivity index is 1.90. The summed E-state index contributed by atoms with van der Waals surface area (Å²) in [6, 6.07) is 16.3. The van der Waals surface area contributed by atoms with Crippen LogP contribution in [-0.4, -0.2) is 23.9 Å². The van der Waals surface area contributed by atoms with Crippen molar-refractivity contribution in [2.75, 3.05) is 7.11 Å². The molecule has 0 aliphatic carbocycles. The highest BCUT2D eigenvalue weighted by Crippen LogP contribution is 2.26. The number of rotatable bonds is 4. The minimum absolute atomic E-state index is 0.137. The SMILES string of the molecule is COC(=O)c1ccc(N=Cc2cc(C)n(-c3ccc(C(C)(C)C)cc3)c2C)c(C)c1. The minimum atomic E-state index is -0.338. The minimum Gasteiger partial charge on any atom is -0.465 e. The van der Waals surface area contributed by atoms with Crippen molar-refractivity contribution in [1.82, 2.24) is 4.57 Å². The largest absolute Gasteiger partial charge is 0.465 e. The van der Waals surface area contributed by atoms with Crippen molar-refractivity contribution in [2.24, 2.45) is 4.99 Å². The Labute approximate surface area is 179 Å². The highest BCUT2D eigenvalue weighted by Gasteiger charge is 2.15. The number of ether oxygens (including phenoxy) is 1. The van der Waals surface area contributed by atoms with Crippen LogP contribution in [0, 0.1) is 20.8 Å². The van der Waals surface area contributed by atoms with E-state index in [0.717, 1.165) is 33.9 Å². The van der Waals surface area contributed by atoms with E-state index in [1.54, 1.807) is 12.1 Å². The summed E-state index contributed by atoms with van der Waals surface area (Å²) in [4.78, 5) is 16.4. The van der Waals surface area contributed by atoms with Crippen LogP contribution in [0.4, 0.5) is 5.69 Å². The van der Waals surface area contributed by atoms with E-state index in [1.807, 2.05) is 19.2 Å². The zero-order valence-corrected chi connectivity index (χ0v) is 18.9. The van der Waals surface area contributed by atoms with Gasteiger partial charge in [0, 0.05) is 28.9 Å². The summed E-state index contributed by atoms with van der Waals surface area (Å²) < 4.78 is 7.03. The third kappa shape index (κ3) is 4.38. The van der Waals surface area contributed by atoms with Crippen molar-refractivity contribution < 1.29 is 9.53 Å². The van der Waals surface area contributed by atoms with Gasteiger partial charge in [-0.3, -0.25) is 4.99 Å². The number of carbonyl (C=O) groups is 1. The molecule has 0 spiro atoms. The number of aromatic nitrogens is 1. The topological polar surface area (TPSA) is 43.6 Å². The van der Waals surface area contributed by atoms with Crippen LogP contribution in [0.2, 0.25) is 0 Å². The molecule has 30 heavy (non-hydrogen) atoms. The second-order valence-electron chi connectivity index (χ2n) is 8.71. The third-order valence-corrected chi connectivity index (χ3v) is 5.42. The molecule has 0 radical (unpaired) electrons. The lowest BCUT2D eigenvalue weighted by atomic mass is 9.87. The zero-order valence-electron chi connectivity index (χ0n) is 18.9. The van der Waals surface area contributed by atoms with Crippen LogP contribution < -0.4 is 0 Å². The summed E-state index contributed by atoms with van der Waals surface area (Å²) in [7, 11) is 1.39. The molecule has 0 atom stereocenters. The van der Waals surface area contributed by atoms with Gasteiger partial charge < -0.3 is 9.30 Å². The van der Waals surface area contributed by atoms with E-state index in [1.165, 1.54) is 12.7 Å². The van der Waals surface area contributed by atoms with E-state index >= 15 is 0 Å². The lowest BCUT2D eigenvalue weighted by Crippen LogP contribution is -2.11. The Hall–Kier alpha value is -3.14. The van der Waals surface area contributed by atoms with Crippen LogP contribution in [0.5, 0.6) is 0 Å². The Morgan fingerprint density at radius 2 is 1.67 bits per heavy atom. The summed E-state index contributed by atoms with van der Waals surface area (Å²) in [5, 5.41) is 0. The van der Waals surface area contributed by atoms with Gasteiger partial charge in [0.25, 0.3) is 0 Å². The molecule has 0 fully saturated rings. The lowest BCUT2D eigenvalue weighted by Gasteiger charge is -2.20. The van der Waals surface area contributed by atoms with Crippen LogP contribution >= 0.6 is 0 Å². The van der Waals surface area contributed by atoms with E-state index in [9.17, 15) is 4.79 Å². The molecule has 0 saturated carbocycles. The molecule has 2 aromatic carbocycles. The molecule has 0 unspecified atom stereocenters. The molecule has 1 heterocycles.